The molecule has 7 nitrogen and oxygen atoms in total. The molecule has 130 valence electrons. The molecule has 1 fully saturated rings. The summed E-state index contributed by atoms with van der Waals surface area (Å²) in [5.41, 5.74) is 2.75. The van der Waals surface area contributed by atoms with E-state index in [9.17, 15) is 0 Å². The van der Waals surface area contributed by atoms with E-state index < -0.39 is 0 Å². The quantitative estimate of drug-likeness (QED) is 0.567. The highest BCUT2D eigenvalue weighted by Crippen LogP contribution is 2.31. The maximum Gasteiger partial charge on any atom is 0.250 e. The lowest BCUT2D eigenvalue weighted by molar-refractivity contribution is 0.404. The molecule has 3 heterocycles. The van der Waals surface area contributed by atoms with Gasteiger partial charge < -0.3 is 9.32 Å². The summed E-state index contributed by atoms with van der Waals surface area (Å²) in [5.74, 6) is 1.96. The summed E-state index contributed by atoms with van der Waals surface area (Å²) in [6.07, 6.45) is 1.93. The maximum atomic E-state index is 5.95. The van der Waals surface area contributed by atoms with Crippen LogP contribution in [0.5, 0.6) is 0 Å². The molecule has 2 aromatic carbocycles. The van der Waals surface area contributed by atoms with Crippen molar-refractivity contribution in [3.05, 3.63) is 60.5 Å². The molecule has 0 unspecified atom stereocenters. The molecule has 0 amide bonds. The molecule has 7 heteroatoms. The molecular weight excluding hydrogens is 328 g/mol. The average molecular weight is 346 g/mol. The Bertz CT molecular complexity index is 984. The van der Waals surface area contributed by atoms with Crippen LogP contribution in [0.4, 0.5) is 5.95 Å². The van der Waals surface area contributed by atoms with Gasteiger partial charge in [-0.3, -0.25) is 0 Å². The van der Waals surface area contributed by atoms with E-state index in [1.165, 1.54) is 0 Å². The largest absolute Gasteiger partial charge is 0.440 e. The lowest BCUT2D eigenvalue weighted by Crippen LogP contribution is -2.35. The maximum absolute atomic E-state index is 5.95. The topological polar surface area (TPSA) is 72.9 Å². The first kappa shape index (κ1) is 15.1. The summed E-state index contributed by atoms with van der Waals surface area (Å²) in [5, 5.41) is 12.3. The standard InChI is InChI=1S/C19H18N6O/c1-2-6-15(7-3-1)25-19(21-22-23-25)24-12-10-14(11-13-24)18-20-16-8-4-5-9-17(16)26-18/h1-9,14H,10-13H2. The number of oxazole rings is 1. The fraction of sp³-hybridized carbons (Fsp3) is 0.263. The Kier molecular flexibility index (Phi) is 3.62. The molecular formula is C19H18N6O. The van der Waals surface area contributed by atoms with Crippen LogP contribution in [0.15, 0.2) is 59.0 Å². The van der Waals surface area contributed by atoms with E-state index in [2.05, 4.69) is 25.4 Å². The number of anilines is 1. The highest BCUT2D eigenvalue weighted by atomic mass is 16.3. The summed E-state index contributed by atoms with van der Waals surface area (Å²) in [4.78, 5) is 6.89. The molecule has 2 aromatic heterocycles. The van der Waals surface area contributed by atoms with Crippen molar-refractivity contribution in [3.63, 3.8) is 0 Å². The SMILES string of the molecule is c1ccc(-n2nnnc2N2CCC(c3nc4ccccc4o3)CC2)cc1. The van der Waals surface area contributed by atoms with Gasteiger partial charge in [-0.15, -0.1) is 0 Å². The van der Waals surface area contributed by atoms with Crippen molar-refractivity contribution in [1.29, 1.82) is 0 Å². The zero-order valence-corrected chi connectivity index (χ0v) is 14.2. The van der Waals surface area contributed by atoms with E-state index in [0.29, 0.717) is 5.92 Å². The molecule has 0 aliphatic carbocycles. The Morgan fingerprint density at radius 1 is 0.923 bits per heavy atom. The van der Waals surface area contributed by atoms with Crippen molar-refractivity contribution in [1.82, 2.24) is 25.2 Å². The molecule has 0 N–H and O–H groups in total. The first-order chi connectivity index (χ1) is 12.9. The van der Waals surface area contributed by atoms with Crippen molar-refractivity contribution < 1.29 is 4.42 Å². The Morgan fingerprint density at radius 2 is 1.69 bits per heavy atom. The first-order valence-electron chi connectivity index (χ1n) is 8.83. The average Bonchev–Trinajstić information content (AvgIpc) is 3.36. The molecule has 1 aliphatic heterocycles. The highest BCUT2D eigenvalue weighted by Gasteiger charge is 2.27. The van der Waals surface area contributed by atoms with E-state index in [-0.39, 0.29) is 0 Å². The summed E-state index contributed by atoms with van der Waals surface area (Å²) in [6.45, 7) is 1.74. The Labute approximate surface area is 150 Å². The number of aromatic nitrogens is 5. The van der Waals surface area contributed by atoms with Crippen LogP contribution < -0.4 is 4.90 Å². The molecule has 4 aromatic rings. The van der Waals surface area contributed by atoms with Crippen molar-refractivity contribution >= 4 is 17.0 Å². The van der Waals surface area contributed by atoms with Gasteiger partial charge in [0.05, 0.1) is 5.69 Å². The third-order valence-electron chi connectivity index (χ3n) is 4.89. The highest BCUT2D eigenvalue weighted by molar-refractivity contribution is 5.72. The van der Waals surface area contributed by atoms with Gasteiger partial charge in [-0.05, 0) is 47.5 Å². The summed E-state index contributed by atoms with van der Waals surface area (Å²) < 4.78 is 7.74. The smallest absolute Gasteiger partial charge is 0.250 e. The number of nitrogens with zero attached hydrogens (tertiary/aromatic N) is 6. The van der Waals surface area contributed by atoms with E-state index in [1.54, 1.807) is 4.68 Å². The number of para-hydroxylation sites is 3. The van der Waals surface area contributed by atoms with Gasteiger partial charge in [0.2, 0.25) is 5.95 Å². The van der Waals surface area contributed by atoms with Crippen LogP contribution in [0.25, 0.3) is 16.8 Å². The minimum Gasteiger partial charge on any atom is -0.440 e. The van der Waals surface area contributed by atoms with Crippen LogP contribution in [-0.4, -0.2) is 38.3 Å². The lowest BCUT2D eigenvalue weighted by Gasteiger charge is -2.30. The number of hydrogen-bond donors (Lipinski definition) is 0. The van der Waals surface area contributed by atoms with Crippen LogP contribution in [0, 0.1) is 0 Å². The molecule has 1 saturated heterocycles. The van der Waals surface area contributed by atoms with Crippen molar-refractivity contribution in [2.24, 2.45) is 0 Å². The van der Waals surface area contributed by atoms with E-state index in [0.717, 1.165) is 54.6 Å². The second kappa shape index (κ2) is 6.25. The number of benzene rings is 2. The van der Waals surface area contributed by atoms with Gasteiger partial charge in [0.1, 0.15) is 5.52 Å². The zero-order valence-electron chi connectivity index (χ0n) is 14.2. The Balaban J connectivity index is 1.34. The second-order valence-corrected chi connectivity index (χ2v) is 6.51. The van der Waals surface area contributed by atoms with Crippen molar-refractivity contribution in [3.8, 4) is 5.69 Å². The van der Waals surface area contributed by atoms with Crippen LogP contribution in [0.1, 0.15) is 24.7 Å². The van der Waals surface area contributed by atoms with Gasteiger partial charge in [0.15, 0.2) is 11.5 Å². The van der Waals surface area contributed by atoms with Gasteiger partial charge in [0, 0.05) is 19.0 Å². The lowest BCUT2D eigenvalue weighted by atomic mass is 9.97. The predicted molar refractivity (Wildman–Crippen MR) is 97.4 cm³/mol. The number of rotatable bonds is 3. The van der Waals surface area contributed by atoms with E-state index >= 15 is 0 Å². The van der Waals surface area contributed by atoms with Gasteiger partial charge in [-0.1, -0.05) is 35.4 Å². The van der Waals surface area contributed by atoms with Gasteiger partial charge in [0.25, 0.3) is 0 Å². The summed E-state index contributed by atoms with van der Waals surface area (Å²) >= 11 is 0. The molecule has 5 rings (SSSR count). The van der Waals surface area contributed by atoms with Crippen LogP contribution in [-0.2, 0) is 0 Å². The predicted octanol–water partition coefficient (Wildman–Crippen LogP) is 3.19. The third kappa shape index (κ3) is 2.61. The summed E-state index contributed by atoms with van der Waals surface area (Å²) in [6, 6.07) is 17.9. The summed E-state index contributed by atoms with van der Waals surface area (Å²) in [7, 11) is 0. The number of piperidine rings is 1. The Hall–Kier alpha value is -3.22. The Morgan fingerprint density at radius 3 is 2.50 bits per heavy atom. The zero-order chi connectivity index (χ0) is 17.3. The first-order valence-corrected chi connectivity index (χ1v) is 8.83. The number of hydrogen-bond acceptors (Lipinski definition) is 6. The third-order valence-corrected chi connectivity index (χ3v) is 4.89. The van der Waals surface area contributed by atoms with Crippen molar-refractivity contribution in [2.75, 3.05) is 18.0 Å². The van der Waals surface area contributed by atoms with Crippen LogP contribution in [0.3, 0.4) is 0 Å². The van der Waals surface area contributed by atoms with Crippen molar-refractivity contribution in [2.45, 2.75) is 18.8 Å². The number of tetrazole rings is 1. The molecule has 26 heavy (non-hydrogen) atoms. The van der Waals surface area contributed by atoms with E-state index in [4.69, 9.17) is 4.42 Å². The minimum absolute atomic E-state index is 0.333. The molecule has 1 aliphatic rings. The number of fused-ring (bicyclic) bond motifs is 1. The molecule has 0 atom stereocenters. The normalized spacial score (nSPS) is 15.6. The molecule has 0 saturated carbocycles. The van der Waals surface area contributed by atoms with Gasteiger partial charge in [-0.25, -0.2) is 4.98 Å². The second-order valence-electron chi connectivity index (χ2n) is 6.51. The van der Waals surface area contributed by atoms with Crippen LogP contribution >= 0.6 is 0 Å². The van der Waals surface area contributed by atoms with Gasteiger partial charge in [-0.2, -0.15) is 4.68 Å². The molecule has 0 bridgehead atoms. The van der Waals surface area contributed by atoms with E-state index in [1.807, 2.05) is 54.6 Å². The fourth-order valence-corrected chi connectivity index (χ4v) is 3.51. The molecule has 0 radical (unpaired) electrons. The fourth-order valence-electron chi connectivity index (χ4n) is 3.51. The van der Waals surface area contributed by atoms with Gasteiger partial charge >= 0.3 is 0 Å². The minimum atomic E-state index is 0.333. The monoisotopic (exact) mass is 346 g/mol. The van der Waals surface area contributed by atoms with Crippen LogP contribution in [0.2, 0.25) is 0 Å². The molecule has 0 spiro atoms.